The van der Waals surface area contributed by atoms with Crippen LogP contribution in [0.15, 0.2) is 77.5 Å². The summed E-state index contributed by atoms with van der Waals surface area (Å²) in [7, 11) is 0. The Labute approximate surface area is 181 Å². The summed E-state index contributed by atoms with van der Waals surface area (Å²) < 4.78 is 0.928. The summed E-state index contributed by atoms with van der Waals surface area (Å²) in [5.41, 5.74) is 4.34. The number of amides is 1. The Balaban J connectivity index is 1.68. The minimum absolute atomic E-state index is 0.124. The fraction of sp³-hybridized carbons (Fsp3) is 0.0870. The Kier molecular flexibility index (Phi) is 4.59. The summed E-state index contributed by atoms with van der Waals surface area (Å²) in [4.78, 5) is 19.3. The Morgan fingerprint density at radius 1 is 1.07 bits per heavy atom. The van der Waals surface area contributed by atoms with Crippen molar-refractivity contribution < 1.29 is 9.90 Å². The summed E-state index contributed by atoms with van der Waals surface area (Å²) in [6.07, 6.45) is 3.44. The van der Waals surface area contributed by atoms with Crippen LogP contribution in [0.4, 0.5) is 0 Å². The molecule has 0 radical (unpaired) electrons. The molecule has 0 saturated carbocycles. The van der Waals surface area contributed by atoms with Crippen molar-refractivity contribution in [3.63, 3.8) is 0 Å². The normalized spacial score (nSPS) is 15.4. The number of halogens is 1. The van der Waals surface area contributed by atoms with Crippen LogP contribution in [-0.4, -0.2) is 31.1 Å². The van der Waals surface area contributed by atoms with Crippen LogP contribution in [0, 0.1) is 0 Å². The molecule has 0 bridgehead atoms. The first kappa shape index (κ1) is 18.6. The summed E-state index contributed by atoms with van der Waals surface area (Å²) in [6.45, 7) is 0.432. The van der Waals surface area contributed by atoms with Gasteiger partial charge >= 0.3 is 0 Å². The molecule has 2 aromatic heterocycles. The zero-order valence-corrected chi connectivity index (χ0v) is 17.4. The number of aromatic nitrogens is 3. The fourth-order valence-corrected chi connectivity index (χ4v) is 4.36. The van der Waals surface area contributed by atoms with Crippen LogP contribution in [0.25, 0.3) is 11.3 Å². The minimum Gasteiger partial charge on any atom is -0.507 e. The van der Waals surface area contributed by atoms with Crippen LogP contribution in [0.3, 0.4) is 0 Å². The van der Waals surface area contributed by atoms with Crippen LogP contribution < -0.4 is 0 Å². The fourth-order valence-electron chi connectivity index (χ4n) is 3.95. The SMILES string of the molecule is O=C1c2[nH]nc(-c3ccccc3O)c2[C@H](c2cccc(Br)c2)N1Cc1ccncc1. The number of hydrogen-bond acceptors (Lipinski definition) is 4. The number of rotatable bonds is 4. The summed E-state index contributed by atoms with van der Waals surface area (Å²) in [5, 5.41) is 17.7. The van der Waals surface area contributed by atoms with Crippen molar-refractivity contribution in [3.05, 3.63) is 99.9 Å². The second kappa shape index (κ2) is 7.42. The van der Waals surface area contributed by atoms with E-state index in [0.29, 0.717) is 23.5 Å². The van der Waals surface area contributed by atoms with Gasteiger partial charge in [0.1, 0.15) is 17.1 Å². The number of H-pyrrole nitrogens is 1. The summed E-state index contributed by atoms with van der Waals surface area (Å²) in [5.74, 6) is 0.000726. The Hall–Kier alpha value is -3.45. The third-order valence-electron chi connectivity index (χ3n) is 5.29. The van der Waals surface area contributed by atoms with Crippen LogP contribution in [-0.2, 0) is 6.54 Å². The van der Waals surface area contributed by atoms with E-state index in [1.807, 2.05) is 47.4 Å². The van der Waals surface area contributed by atoms with E-state index in [0.717, 1.165) is 21.2 Å². The molecular formula is C23H17BrN4O2. The number of pyridine rings is 1. The van der Waals surface area contributed by atoms with Gasteiger partial charge in [0.15, 0.2) is 0 Å². The molecule has 6 nitrogen and oxygen atoms in total. The number of phenols is 1. The first-order chi connectivity index (χ1) is 14.6. The van der Waals surface area contributed by atoms with Crippen LogP contribution in [0.1, 0.15) is 33.2 Å². The molecule has 5 rings (SSSR count). The molecule has 148 valence electrons. The average Bonchev–Trinajstić information content (AvgIpc) is 3.29. The van der Waals surface area contributed by atoms with E-state index in [9.17, 15) is 9.90 Å². The van der Waals surface area contributed by atoms with Gasteiger partial charge in [-0.25, -0.2) is 0 Å². The standard InChI is InChI=1S/C23H17BrN4O2/c24-16-5-3-4-15(12-16)22-19-20(17-6-1-2-7-18(17)29)26-27-21(19)23(30)28(22)13-14-8-10-25-11-9-14/h1-12,22,29H,13H2,(H,26,27)/t22-/m0/s1. The number of nitrogens with one attached hydrogen (secondary N) is 1. The lowest BCUT2D eigenvalue weighted by Crippen LogP contribution is -2.29. The van der Waals surface area contributed by atoms with E-state index in [-0.39, 0.29) is 17.7 Å². The molecule has 1 amide bonds. The van der Waals surface area contributed by atoms with E-state index >= 15 is 0 Å². The number of phenolic OH excluding ortho intramolecular Hbond substituents is 1. The molecule has 30 heavy (non-hydrogen) atoms. The van der Waals surface area contributed by atoms with Gasteiger partial charge in [0.2, 0.25) is 0 Å². The first-order valence-electron chi connectivity index (χ1n) is 9.45. The maximum atomic E-state index is 13.4. The smallest absolute Gasteiger partial charge is 0.273 e. The van der Waals surface area contributed by atoms with Crippen molar-refractivity contribution in [2.45, 2.75) is 12.6 Å². The summed E-state index contributed by atoms with van der Waals surface area (Å²) >= 11 is 3.54. The predicted octanol–water partition coefficient (Wildman–Crippen LogP) is 4.69. The van der Waals surface area contributed by atoms with Crippen molar-refractivity contribution in [3.8, 4) is 17.0 Å². The van der Waals surface area contributed by atoms with E-state index in [1.165, 1.54) is 0 Å². The highest BCUT2D eigenvalue weighted by atomic mass is 79.9. The van der Waals surface area contributed by atoms with Gasteiger partial charge in [-0.05, 0) is 47.5 Å². The predicted molar refractivity (Wildman–Crippen MR) is 116 cm³/mol. The van der Waals surface area contributed by atoms with Gasteiger partial charge in [-0.1, -0.05) is 40.2 Å². The zero-order valence-electron chi connectivity index (χ0n) is 15.8. The van der Waals surface area contributed by atoms with Gasteiger partial charge in [-0.15, -0.1) is 0 Å². The first-order valence-corrected chi connectivity index (χ1v) is 10.2. The number of carbonyl (C=O) groups is 1. The van der Waals surface area contributed by atoms with Gasteiger partial charge in [0.05, 0.1) is 6.04 Å². The van der Waals surface area contributed by atoms with Crippen molar-refractivity contribution >= 4 is 21.8 Å². The minimum atomic E-state index is -0.341. The number of benzene rings is 2. The molecule has 4 aromatic rings. The highest BCUT2D eigenvalue weighted by Gasteiger charge is 2.42. The lowest BCUT2D eigenvalue weighted by Gasteiger charge is -2.26. The molecule has 0 saturated heterocycles. The number of para-hydroxylation sites is 1. The molecular weight excluding hydrogens is 444 g/mol. The average molecular weight is 461 g/mol. The highest BCUT2D eigenvalue weighted by Crippen LogP contribution is 2.45. The van der Waals surface area contributed by atoms with Gasteiger partial charge in [0, 0.05) is 34.5 Å². The van der Waals surface area contributed by atoms with Crippen molar-refractivity contribution in [1.29, 1.82) is 0 Å². The third-order valence-corrected chi connectivity index (χ3v) is 5.78. The largest absolute Gasteiger partial charge is 0.507 e. The summed E-state index contributed by atoms with van der Waals surface area (Å²) in [6, 6.07) is 18.4. The van der Waals surface area contributed by atoms with Crippen LogP contribution >= 0.6 is 15.9 Å². The quantitative estimate of drug-likeness (QED) is 0.462. The topological polar surface area (TPSA) is 82.1 Å². The molecule has 0 aliphatic carbocycles. The lowest BCUT2D eigenvalue weighted by atomic mass is 9.95. The maximum Gasteiger partial charge on any atom is 0.273 e. The number of aromatic hydroxyl groups is 1. The molecule has 0 fully saturated rings. The Bertz CT molecular complexity index is 1240. The Morgan fingerprint density at radius 3 is 2.63 bits per heavy atom. The molecule has 3 heterocycles. The van der Waals surface area contributed by atoms with Gasteiger partial charge in [0.25, 0.3) is 5.91 Å². The van der Waals surface area contributed by atoms with E-state index in [1.54, 1.807) is 30.6 Å². The van der Waals surface area contributed by atoms with Crippen LogP contribution in [0.2, 0.25) is 0 Å². The monoisotopic (exact) mass is 460 g/mol. The number of carbonyl (C=O) groups excluding carboxylic acids is 1. The molecule has 0 spiro atoms. The Morgan fingerprint density at radius 2 is 1.87 bits per heavy atom. The molecule has 7 heteroatoms. The van der Waals surface area contributed by atoms with E-state index in [4.69, 9.17) is 0 Å². The highest BCUT2D eigenvalue weighted by molar-refractivity contribution is 9.10. The molecule has 1 atom stereocenters. The number of nitrogens with zero attached hydrogens (tertiary/aromatic N) is 3. The number of aromatic amines is 1. The molecule has 2 N–H and O–H groups in total. The lowest BCUT2D eigenvalue weighted by molar-refractivity contribution is 0.0730. The number of hydrogen-bond donors (Lipinski definition) is 2. The van der Waals surface area contributed by atoms with Gasteiger partial charge in [-0.3, -0.25) is 14.9 Å². The molecule has 1 aliphatic rings. The van der Waals surface area contributed by atoms with Gasteiger partial charge < -0.3 is 10.0 Å². The number of fused-ring (bicyclic) bond motifs is 1. The third kappa shape index (κ3) is 3.07. The van der Waals surface area contributed by atoms with Crippen molar-refractivity contribution in [2.24, 2.45) is 0 Å². The molecule has 0 unspecified atom stereocenters. The molecule has 1 aliphatic heterocycles. The van der Waals surface area contributed by atoms with E-state index in [2.05, 4.69) is 31.1 Å². The maximum absolute atomic E-state index is 13.4. The van der Waals surface area contributed by atoms with E-state index < -0.39 is 0 Å². The van der Waals surface area contributed by atoms with Crippen molar-refractivity contribution in [1.82, 2.24) is 20.1 Å². The second-order valence-corrected chi connectivity index (χ2v) is 8.04. The van der Waals surface area contributed by atoms with Crippen molar-refractivity contribution in [2.75, 3.05) is 0 Å². The second-order valence-electron chi connectivity index (χ2n) is 7.12. The van der Waals surface area contributed by atoms with Crippen LogP contribution in [0.5, 0.6) is 5.75 Å². The molecule has 2 aromatic carbocycles. The van der Waals surface area contributed by atoms with Gasteiger partial charge in [-0.2, -0.15) is 5.10 Å². The zero-order chi connectivity index (χ0) is 20.7.